The number of rotatable bonds is 5. The van der Waals surface area contributed by atoms with Gasteiger partial charge in [0.15, 0.2) is 0 Å². The molecular weight excluding hydrogens is 269 g/mol. The van der Waals surface area contributed by atoms with E-state index >= 15 is 0 Å². The molecule has 0 saturated heterocycles. The van der Waals surface area contributed by atoms with Crippen LogP contribution in [0, 0.1) is 0 Å². The monoisotopic (exact) mass is 279 g/mol. The minimum atomic E-state index is -3.35. The third kappa shape index (κ3) is 4.14. The summed E-state index contributed by atoms with van der Waals surface area (Å²) in [6, 6.07) is 4.74. The summed E-state index contributed by atoms with van der Waals surface area (Å²) in [6.07, 6.45) is 1.48. The second-order valence-electron chi connectivity index (χ2n) is 3.14. The van der Waals surface area contributed by atoms with Crippen LogP contribution < -0.4 is 4.72 Å². The summed E-state index contributed by atoms with van der Waals surface area (Å²) in [5, 5.41) is 0.750. The Bertz CT molecular complexity index is 486. The van der Waals surface area contributed by atoms with Gasteiger partial charge < -0.3 is 0 Å². The highest BCUT2D eigenvalue weighted by Crippen LogP contribution is 2.23. The maximum atomic E-state index is 11.5. The van der Waals surface area contributed by atoms with Crippen LogP contribution in [0.5, 0.6) is 0 Å². The van der Waals surface area contributed by atoms with Crippen molar-refractivity contribution >= 4 is 33.2 Å². The Morgan fingerprint density at radius 2 is 2.00 bits per heavy atom. The maximum absolute atomic E-state index is 11.5. The molecule has 0 unspecified atom stereocenters. The van der Waals surface area contributed by atoms with Crippen LogP contribution in [-0.2, 0) is 15.8 Å². The molecule has 0 aliphatic heterocycles. The Kier molecular flexibility index (Phi) is 4.80. The zero-order chi connectivity index (χ0) is 12.2. The summed E-state index contributed by atoms with van der Waals surface area (Å²) in [6.45, 7) is 3.64. The molecule has 1 aromatic rings. The molecule has 1 N–H and O–H groups in total. The molecule has 88 valence electrons. The first-order chi connectivity index (χ1) is 7.44. The highest BCUT2D eigenvalue weighted by atomic mass is 35.5. The summed E-state index contributed by atoms with van der Waals surface area (Å²) in [4.78, 5) is 0. The largest absolute Gasteiger partial charge is 0.216 e. The Morgan fingerprint density at radius 1 is 1.31 bits per heavy atom. The third-order valence-corrected chi connectivity index (χ3v) is 3.85. The zero-order valence-electron chi connectivity index (χ0n) is 8.41. The Labute approximate surface area is 105 Å². The molecular formula is C10H11Cl2NO2S. The molecule has 0 bridgehead atoms. The van der Waals surface area contributed by atoms with Crippen molar-refractivity contribution in [3.05, 3.63) is 46.5 Å². The number of hydrogen-bond donors (Lipinski definition) is 1. The predicted molar refractivity (Wildman–Crippen MR) is 67.3 cm³/mol. The number of hydrogen-bond acceptors (Lipinski definition) is 2. The molecule has 0 aliphatic rings. The SMILES string of the molecule is C=CCNS(=O)(=O)Cc1ccc(Cl)c(Cl)c1. The molecule has 3 nitrogen and oxygen atoms in total. The molecule has 1 rings (SSSR count). The summed E-state index contributed by atoms with van der Waals surface area (Å²) in [5.41, 5.74) is 0.589. The van der Waals surface area contributed by atoms with Gasteiger partial charge in [0.05, 0.1) is 15.8 Å². The van der Waals surface area contributed by atoms with E-state index in [1.54, 1.807) is 12.1 Å². The fraction of sp³-hybridized carbons (Fsp3) is 0.200. The van der Waals surface area contributed by atoms with Crippen LogP contribution in [0.3, 0.4) is 0 Å². The van der Waals surface area contributed by atoms with E-state index in [1.807, 2.05) is 0 Å². The molecule has 1 aromatic carbocycles. The van der Waals surface area contributed by atoms with Crippen LogP contribution in [-0.4, -0.2) is 15.0 Å². The molecule has 0 spiro atoms. The predicted octanol–water partition coefficient (Wildman–Crippen LogP) is 2.60. The lowest BCUT2D eigenvalue weighted by Gasteiger charge is -2.05. The van der Waals surface area contributed by atoms with Gasteiger partial charge >= 0.3 is 0 Å². The Hall–Kier alpha value is -0.550. The topological polar surface area (TPSA) is 46.2 Å². The van der Waals surface area contributed by atoms with Gasteiger partial charge in [-0.05, 0) is 17.7 Å². The van der Waals surface area contributed by atoms with Gasteiger partial charge in [-0.15, -0.1) is 6.58 Å². The van der Waals surface area contributed by atoms with E-state index in [2.05, 4.69) is 11.3 Å². The van der Waals surface area contributed by atoms with E-state index in [4.69, 9.17) is 23.2 Å². The molecule has 0 aliphatic carbocycles. The first-order valence-electron chi connectivity index (χ1n) is 4.47. The molecule has 0 fully saturated rings. The molecule has 0 aromatic heterocycles. The van der Waals surface area contributed by atoms with Crippen LogP contribution >= 0.6 is 23.2 Å². The number of halogens is 2. The van der Waals surface area contributed by atoms with E-state index in [9.17, 15) is 8.42 Å². The van der Waals surface area contributed by atoms with Crippen molar-refractivity contribution in [1.29, 1.82) is 0 Å². The number of benzene rings is 1. The molecule has 0 heterocycles. The van der Waals surface area contributed by atoms with Gasteiger partial charge in [0.1, 0.15) is 0 Å². The average molecular weight is 280 g/mol. The van der Waals surface area contributed by atoms with E-state index in [0.717, 1.165) is 0 Å². The van der Waals surface area contributed by atoms with E-state index < -0.39 is 10.0 Å². The van der Waals surface area contributed by atoms with Gasteiger partial charge in [-0.2, -0.15) is 0 Å². The second-order valence-corrected chi connectivity index (χ2v) is 5.77. The molecule has 0 amide bonds. The van der Waals surface area contributed by atoms with Gasteiger partial charge in [-0.3, -0.25) is 0 Å². The Balaban J connectivity index is 2.80. The number of sulfonamides is 1. The quantitative estimate of drug-likeness (QED) is 0.843. The fourth-order valence-corrected chi connectivity index (χ4v) is 2.50. The van der Waals surface area contributed by atoms with E-state index in [0.29, 0.717) is 15.6 Å². The summed E-state index contributed by atoms with van der Waals surface area (Å²) < 4.78 is 25.4. The maximum Gasteiger partial charge on any atom is 0.216 e. The molecule has 0 radical (unpaired) electrons. The Morgan fingerprint density at radius 3 is 2.56 bits per heavy atom. The third-order valence-electron chi connectivity index (χ3n) is 1.79. The summed E-state index contributed by atoms with van der Waals surface area (Å²) >= 11 is 11.5. The highest BCUT2D eigenvalue weighted by Gasteiger charge is 2.11. The second kappa shape index (κ2) is 5.68. The molecule has 6 heteroatoms. The van der Waals surface area contributed by atoms with Gasteiger partial charge in [0, 0.05) is 6.54 Å². The average Bonchev–Trinajstić information content (AvgIpc) is 2.20. The highest BCUT2D eigenvalue weighted by molar-refractivity contribution is 7.88. The van der Waals surface area contributed by atoms with Crippen LogP contribution in [0.4, 0.5) is 0 Å². The lowest BCUT2D eigenvalue weighted by atomic mass is 10.2. The molecule has 0 atom stereocenters. The summed E-state index contributed by atoms with van der Waals surface area (Å²) in [5.74, 6) is -0.127. The van der Waals surface area contributed by atoms with Gasteiger partial charge in [0.25, 0.3) is 0 Å². The smallest absolute Gasteiger partial charge is 0.212 e. The minimum absolute atomic E-state index is 0.127. The molecule has 0 saturated carbocycles. The van der Waals surface area contributed by atoms with Crippen LogP contribution in [0.15, 0.2) is 30.9 Å². The first kappa shape index (κ1) is 13.5. The first-order valence-corrected chi connectivity index (χ1v) is 6.87. The van der Waals surface area contributed by atoms with Gasteiger partial charge in [0.2, 0.25) is 10.0 Å². The zero-order valence-corrected chi connectivity index (χ0v) is 10.7. The van der Waals surface area contributed by atoms with Crippen molar-refractivity contribution in [2.75, 3.05) is 6.54 Å². The van der Waals surface area contributed by atoms with Crippen molar-refractivity contribution < 1.29 is 8.42 Å². The van der Waals surface area contributed by atoms with Crippen LogP contribution in [0.2, 0.25) is 10.0 Å². The van der Waals surface area contributed by atoms with Gasteiger partial charge in [-0.25, -0.2) is 13.1 Å². The van der Waals surface area contributed by atoms with Crippen LogP contribution in [0.25, 0.3) is 0 Å². The van der Waals surface area contributed by atoms with E-state index in [-0.39, 0.29) is 12.3 Å². The van der Waals surface area contributed by atoms with Crippen molar-refractivity contribution in [2.45, 2.75) is 5.75 Å². The fourth-order valence-electron chi connectivity index (χ4n) is 1.09. The van der Waals surface area contributed by atoms with Crippen LogP contribution in [0.1, 0.15) is 5.56 Å². The van der Waals surface area contributed by atoms with Crippen molar-refractivity contribution in [3.63, 3.8) is 0 Å². The van der Waals surface area contributed by atoms with Gasteiger partial charge in [-0.1, -0.05) is 35.3 Å². The lowest BCUT2D eigenvalue weighted by molar-refractivity contribution is 0.585. The summed E-state index contributed by atoms with van der Waals surface area (Å²) in [7, 11) is -3.35. The lowest BCUT2D eigenvalue weighted by Crippen LogP contribution is -2.25. The van der Waals surface area contributed by atoms with Crippen molar-refractivity contribution in [1.82, 2.24) is 4.72 Å². The minimum Gasteiger partial charge on any atom is -0.212 e. The van der Waals surface area contributed by atoms with Crippen molar-refractivity contribution in [2.24, 2.45) is 0 Å². The van der Waals surface area contributed by atoms with Crippen molar-refractivity contribution in [3.8, 4) is 0 Å². The normalized spacial score (nSPS) is 11.4. The van der Waals surface area contributed by atoms with E-state index in [1.165, 1.54) is 12.1 Å². The standard InChI is InChI=1S/C10H11Cl2NO2S/c1-2-5-13-16(14,15)7-8-3-4-9(11)10(12)6-8/h2-4,6,13H,1,5,7H2. The molecule has 16 heavy (non-hydrogen) atoms. The number of nitrogens with one attached hydrogen (secondary N) is 1.